The van der Waals surface area contributed by atoms with Crippen molar-refractivity contribution in [3.63, 3.8) is 0 Å². The molecule has 8 heteroatoms. The molecule has 1 heterocycles. The number of Topliss-reactive ketones (excluding diaryl/α,β-unsaturated/α-hetero) is 1. The van der Waals surface area contributed by atoms with Gasteiger partial charge in [0.25, 0.3) is 0 Å². The monoisotopic (exact) mass is 343 g/mol. The molecule has 1 aromatic carbocycles. The average Bonchev–Trinajstić information content (AvgIpc) is 2.48. The van der Waals surface area contributed by atoms with Gasteiger partial charge in [0.05, 0.1) is 17.7 Å². The van der Waals surface area contributed by atoms with Crippen LogP contribution in [0.3, 0.4) is 0 Å². The van der Waals surface area contributed by atoms with Crippen LogP contribution < -0.4 is 4.74 Å². The molecule has 6 nitrogen and oxygen atoms in total. The number of halogens is 1. The number of benzene rings is 1. The van der Waals surface area contributed by atoms with Gasteiger partial charge < -0.3 is 4.74 Å². The molecule has 0 amide bonds. The second-order valence-electron chi connectivity index (χ2n) is 5.58. The summed E-state index contributed by atoms with van der Waals surface area (Å²) in [6.45, 7) is 1.67. The van der Waals surface area contributed by atoms with E-state index in [1.165, 1.54) is 17.3 Å². The number of ketones is 1. The Morgan fingerprint density at radius 2 is 2.04 bits per heavy atom. The summed E-state index contributed by atoms with van der Waals surface area (Å²) in [5, 5.41) is 0. The van der Waals surface area contributed by atoms with E-state index in [9.17, 15) is 22.4 Å². The van der Waals surface area contributed by atoms with Gasteiger partial charge in [-0.3, -0.25) is 9.59 Å². The van der Waals surface area contributed by atoms with Crippen LogP contribution in [0.25, 0.3) is 0 Å². The molecule has 0 radical (unpaired) electrons. The number of esters is 1. The summed E-state index contributed by atoms with van der Waals surface area (Å²) in [4.78, 5) is 23.8. The average molecular weight is 343 g/mol. The summed E-state index contributed by atoms with van der Waals surface area (Å²) >= 11 is 0. The number of sulfonamides is 1. The highest BCUT2D eigenvalue weighted by Gasteiger charge is 2.31. The lowest BCUT2D eigenvalue weighted by molar-refractivity contribution is -0.140. The van der Waals surface area contributed by atoms with Crippen molar-refractivity contribution in [2.45, 2.75) is 19.8 Å². The molecule has 0 bridgehead atoms. The lowest BCUT2D eigenvalue weighted by atomic mass is 10.00. The van der Waals surface area contributed by atoms with E-state index in [1.807, 2.05) is 0 Å². The first-order chi connectivity index (χ1) is 10.7. The molecule has 1 aromatic rings. The Hall–Kier alpha value is -1.80. The second kappa shape index (κ2) is 6.76. The molecule has 0 aromatic heterocycles. The Labute approximate surface area is 134 Å². The number of ether oxygens (including phenoxy) is 1. The highest BCUT2D eigenvalue weighted by molar-refractivity contribution is 7.88. The molecule has 1 fully saturated rings. The highest BCUT2D eigenvalue weighted by atomic mass is 32.2. The fourth-order valence-electron chi connectivity index (χ4n) is 2.49. The number of nitrogens with zero attached hydrogens (tertiary/aromatic N) is 1. The molecule has 0 spiro atoms. The Bertz CT molecular complexity index is 731. The number of carbonyl (C=O) groups is 2. The maximum Gasteiger partial charge on any atom is 0.315 e. The third-order valence-corrected chi connectivity index (χ3v) is 4.99. The van der Waals surface area contributed by atoms with Crippen molar-refractivity contribution in [2.75, 3.05) is 19.3 Å². The van der Waals surface area contributed by atoms with Crippen molar-refractivity contribution in [1.82, 2.24) is 4.31 Å². The fraction of sp³-hybridized carbons (Fsp3) is 0.467. The minimum absolute atomic E-state index is 0.0135. The first kappa shape index (κ1) is 17.6. The SMILES string of the molecule is CC(=O)c1cc(F)ccc1OC(=O)[C@H]1CCCN(S(C)(=O)=O)C1. The van der Waals surface area contributed by atoms with Gasteiger partial charge in [0.2, 0.25) is 10.0 Å². The highest BCUT2D eigenvalue weighted by Crippen LogP contribution is 2.24. The van der Waals surface area contributed by atoms with Gasteiger partial charge in [-0.1, -0.05) is 0 Å². The maximum atomic E-state index is 13.2. The van der Waals surface area contributed by atoms with E-state index in [2.05, 4.69) is 0 Å². The van der Waals surface area contributed by atoms with Gasteiger partial charge in [-0.15, -0.1) is 0 Å². The van der Waals surface area contributed by atoms with Crippen LogP contribution in [0.2, 0.25) is 0 Å². The van der Waals surface area contributed by atoms with Crippen LogP contribution in [0, 0.1) is 11.7 Å². The van der Waals surface area contributed by atoms with E-state index in [4.69, 9.17) is 4.74 Å². The molecular formula is C15H18FNO5S. The van der Waals surface area contributed by atoms with Crippen LogP contribution in [0.5, 0.6) is 5.75 Å². The number of rotatable bonds is 4. The number of piperidine rings is 1. The van der Waals surface area contributed by atoms with Crippen molar-refractivity contribution >= 4 is 21.8 Å². The quantitative estimate of drug-likeness (QED) is 0.471. The molecule has 0 unspecified atom stereocenters. The third-order valence-electron chi connectivity index (χ3n) is 3.72. The van der Waals surface area contributed by atoms with Crippen molar-refractivity contribution in [1.29, 1.82) is 0 Å². The molecule has 0 saturated carbocycles. The van der Waals surface area contributed by atoms with Gasteiger partial charge in [-0.25, -0.2) is 17.1 Å². The van der Waals surface area contributed by atoms with Crippen molar-refractivity contribution in [3.8, 4) is 5.75 Å². The molecule has 1 atom stereocenters. The second-order valence-corrected chi connectivity index (χ2v) is 7.56. The summed E-state index contributed by atoms with van der Waals surface area (Å²) < 4.78 is 42.8. The normalized spacial score (nSPS) is 19.3. The number of carbonyl (C=O) groups excluding carboxylic acids is 2. The number of hydrogen-bond donors (Lipinski definition) is 0. The summed E-state index contributed by atoms with van der Waals surface area (Å²) in [6, 6.07) is 3.33. The maximum absolute atomic E-state index is 13.2. The summed E-state index contributed by atoms with van der Waals surface area (Å²) in [7, 11) is -3.37. The van der Waals surface area contributed by atoms with Crippen molar-refractivity contribution in [3.05, 3.63) is 29.6 Å². The smallest absolute Gasteiger partial charge is 0.315 e. The zero-order chi connectivity index (χ0) is 17.2. The van der Waals surface area contributed by atoms with Crippen LogP contribution >= 0.6 is 0 Å². The van der Waals surface area contributed by atoms with Crippen LogP contribution in [-0.4, -0.2) is 43.8 Å². The molecule has 1 aliphatic heterocycles. The van der Waals surface area contributed by atoms with Crippen LogP contribution in [0.15, 0.2) is 18.2 Å². The topological polar surface area (TPSA) is 80.8 Å². The van der Waals surface area contributed by atoms with Gasteiger partial charge in [-0.05, 0) is 38.0 Å². The van der Waals surface area contributed by atoms with Crippen LogP contribution in [0.1, 0.15) is 30.1 Å². The summed E-state index contributed by atoms with van der Waals surface area (Å²) in [5.74, 6) is -2.26. The minimum atomic E-state index is -3.37. The van der Waals surface area contributed by atoms with Gasteiger partial charge in [0, 0.05) is 13.1 Å². The molecule has 0 N–H and O–H groups in total. The van der Waals surface area contributed by atoms with E-state index < -0.39 is 33.5 Å². The lowest BCUT2D eigenvalue weighted by Crippen LogP contribution is -2.42. The molecule has 1 aliphatic rings. The molecule has 126 valence electrons. The molecular weight excluding hydrogens is 325 g/mol. The molecule has 23 heavy (non-hydrogen) atoms. The van der Waals surface area contributed by atoms with E-state index in [-0.39, 0.29) is 17.9 Å². The predicted octanol–water partition coefficient (Wildman–Crippen LogP) is 1.61. The van der Waals surface area contributed by atoms with E-state index in [0.717, 1.165) is 18.4 Å². The Morgan fingerprint density at radius 3 is 2.65 bits per heavy atom. The van der Waals surface area contributed by atoms with Gasteiger partial charge in [0.15, 0.2) is 5.78 Å². The zero-order valence-corrected chi connectivity index (χ0v) is 13.7. The number of hydrogen-bond acceptors (Lipinski definition) is 5. The van der Waals surface area contributed by atoms with E-state index in [1.54, 1.807) is 0 Å². The summed E-state index contributed by atoms with van der Waals surface area (Å²) in [6.07, 6.45) is 2.14. The lowest BCUT2D eigenvalue weighted by Gasteiger charge is -2.29. The molecule has 1 saturated heterocycles. The van der Waals surface area contributed by atoms with Crippen molar-refractivity contribution < 1.29 is 27.1 Å². The minimum Gasteiger partial charge on any atom is -0.426 e. The first-order valence-electron chi connectivity index (χ1n) is 7.16. The third kappa shape index (κ3) is 4.35. The van der Waals surface area contributed by atoms with Gasteiger partial charge >= 0.3 is 5.97 Å². The fourth-order valence-corrected chi connectivity index (χ4v) is 3.41. The first-order valence-corrected chi connectivity index (χ1v) is 9.00. The van der Waals surface area contributed by atoms with Crippen LogP contribution in [-0.2, 0) is 14.8 Å². The van der Waals surface area contributed by atoms with E-state index >= 15 is 0 Å². The Kier molecular flexibility index (Phi) is 5.16. The van der Waals surface area contributed by atoms with Crippen molar-refractivity contribution in [2.24, 2.45) is 5.92 Å². The summed E-state index contributed by atoms with van der Waals surface area (Å²) in [5.41, 5.74) is -0.0193. The molecule has 0 aliphatic carbocycles. The van der Waals surface area contributed by atoms with Gasteiger partial charge in [0.1, 0.15) is 11.6 Å². The van der Waals surface area contributed by atoms with Crippen LogP contribution in [0.4, 0.5) is 4.39 Å². The predicted molar refractivity (Wildman–Crippen MR) is 81.2 cm³/mol. The standard InChI is InChI=1S/C15H18FNO5S/c1-10(18)13-8-12(16)5-6-14(13)22-15(19)11-4-3-7-17(9-11)23(2,20)21/h5-6,8,11H,3-4,7,9H2,1-2H3/t11-/m0/s1. The molecule has 2 rings (SSSR count). The Morgan fingerprint density at radius 1 is 1.35 bits per heavy atom. The zero-order valence-electron chi connectivity index (χ0n) is 12.9. The van der Waals surface area contributed by atoms with E-state index in [0.29, 0.717) is 19.4 Å². The largest absolute Gasteiger partial charge is 0.426 e. The van der Waals surface area contributed by atoms with Gasteiger partial charge in [-0.2, -0.15) is 0 Å². The Balaban J connectivity index is 2.15.